The highest BCUT2D eigenvalue weighted by Gasteiger charge is 2.13. The van der Waals surface area contributed by atoms with Gasteiger partial charge in [-0.15, -0.1) is 0 Å². The smallest absolute Gasteiger partial charge is 0.338 e. The summed E-state index contributed by atoms with van der Waals surface area (Å²) in [6.07, 6.45) is 1.75. The molecule has 0 aliphatic carbocycles. The van der Waals surface area contributed by atoms with Gasteiger partial charge in [0.2, 0.25) is 0 Å². The van der Waals surface area contributed by atoms with Crippen LogP contribution in [-0.2, 0) is 19.0 Å². The van der Waals surface area contributed by atoms with Crippen LogP contribution in [0, 0.1) is 0 Å². The molecule has 116 valence electrons. The highest BCUT2D eigenvalue weighted by molar-refractivity contribution is 5.90. The predicted octanol–water partition coefficient (Wildman–Crippen LogP) is 0.884. The summed E-state index contributed by atoms with van der Waals surface area (Å²) >= 11 is 0. The van der Waals surface area contributed by atoms with Gasteiger partial charge in [-0.05, 0) is 12.1 Å². The Morgan fingerprint density at radius 2 is 1.95 bits per heavy atom. The third-order valence-electron chi connectivity index (χ3n) is 2.87. The number of carbonyl (C=O) groups is 2. The molecule has 1 heterocycles. The Morgan fingerprint density at radius 1 is 1.19 bits per heavy atom. The number of hydrogen-bond donors (Lipinski definition) is 0. The minimum atomic E-state index is -0.432. The topological polar surface area (TPSA) is 78.0 Å². The summed E-state index contributed by atoms with van der Waals surface area (Å²) in [5.41, 5.74) is 0.406. The van der Waals surface area contributed by atoms with Gasteiger partial charge in [0.15, 0.2) is 0 Å². The Bertz CT molecular complexity index is 478. The molecule has 7 nitrogen and oxygen atoms in total. The number of esters is 2. The minimum absolute atomic E-state index is 0.227. The molecule has 0 saturated carbocycles. The van der Waals surface area contributed by atoms with Gasteiger partial charge in [0.05, 0.1) is 32.8 Å². The Hall–Kier alpha value is -2.15. The second-order valence-corrected chi connectivity index (χ2v) is 4.20. The fraction of sp³-hybridized carbons (Fsp3) is 0.500. The first kappa shape index (κ1) is 16.9. The molecule has 0 spiro atoms. The number of pyridine rings is 1. The summed E-state index contributed by atoms with van der Waals surface area (Å²) in [7, 11) is 4.26. The van der Waals surface area contributed by atoms with Gasteiger partial charge < -0.3 is 19.1 Å². The first-order valence-electron chi connectivity index (χ1n) is 6.47. The highest BCUT2D eigenvalue weighted by atomic mass is 16.5. The van der Waals surface area contributed by atoms with Gasteiger partial charge in [0.1, 0.15) is 5.82 Å². The van der Waals surface area contributed by atoms with Crippen molar-refractivity contribution in [1.29, 1.82) is 0 Å². The van der Waals surface area contributed by atoms with Crippen molar-refractivity contribution in [3.8, 4) is 0 Å². The number of carbonyl (C=O) groups excluding carboxylic acids is 2. The van der Waals surface area contributed by atoms with E-state index in [4.69, 9.17) is 4.74 Å². The molecule has 0 N–H and O–H groups in total. The standard InChI is InChI=1S/C14H20N2O5/c1-19-9-8-16(7-5-13(17)20-2)12-10-11(4-6-15-12)14(18)21-3/h4,6,10H,5,7-9H2,1-3H3. The van der Waals surface area contributed by atoms with Crippen molar-refractivity contribution in [3.63, 3.8) is 0 Å². The maximum atomic E-state index is 11.5. The summed E-state index contributed by atoms with van der Waals surface area (Å²) in [6, 6.07) is 3.20. The number of rotatable bonds is 8. The zero-order valence-electron chi connectivity index (χ0n) is 12.5. The molecule has 0 aliphatic rings. The van der Waals surface area contributed by atoms with Crippen molar-refractivity contribution < 1.29 is 23.8 Å². The molecular formula is C14H20N2O5. The van der Waals surface area contributed by atoms with Crippen molar-refractivity contribution in [2.75, 3.05) is 45.9 Å². The van der Waals surface area contributed by atoms with Crippen LogP contribution in [0.2, 0.25) is 0 Å². The number of hydrogen-bond acceptors (Lipinski definition) is 7. The van der Waals surface area contributed by atoms with Gasteiger partial charge in [-0.2, -0.15) is 0 Å². The lowest BCUT2D eigenvalue weighted by Gasteiger charge is -2.23. The fourth-order valence-electron chi connectivity index (χ4n) is 1.71. The normalized spacial score (nSPS) is 10.0. The molecule has 0 aromatic carbocycles. The molecule has 7 heteroatoms. The van der Waals surface area contributed by atoms with E-state index < -0.39 is 5.97 Å². The van der Waals surface area contributed by atoms with Gasteiger partial charge in [0, 0.05) is 26.4 Å². The lowest BCUT2D eigenvalue weighted by Crippen LogP contribution is -2.30. The first-order chi connectivity index (χ1) is 10.1. The van der Waals surface area contributed by atoms with Crippen molar-refractivity contribution in [2.45, 2.75) is 6.42 Å². The van der Waals surface area contributed by atoms with E-state index in [1.807, 2.05) is 4.90 Å². The Kier molecular flexibility index (Phi) is 7.17. The van der Waals surface area contributed by atoms with Crippen LogP contribution in [0.4, 0.5) is 5.82 Å². The van der Waals surface area contributed by atoms with Crippen molar-refractivity contribution in [1.82, 2.24) is 4.98 Å². The van der Waals surface area contributed by atoms with E-state index >= 15 is 0 Å². The molecule has 1 aromatic heterocycles. The Labute approximate surface area is 123 Å². The number of anilines is 1. The van der Waals surface area contributed by atoms with Gasteiger partial charge >= 0.3 is 11.9 Å². The summed E-state index contributed by atoms with van der Waals surface area (Å²) < 4.78 is 14.4. The van der Waals surface area contributed by atoms with Crippen LogP contribution in [0.1, 0.15) is 16.8 Å². The molecule has 1 rings (SSSR count). The number of methoxy groups -OCH3 is 3. The van der Waals surface area contributed by atoms with Gasteiger partial charge in [-0.1, -0.05) is 0 Å². The van der Waals surface area contributed by atoms with E-state index in [-0.39, 0.29) is 12.4 Å². The van der Waals surface area contributed by atoms with Crippen LogP contribution in [0.15, 0.2) is 18.3 Å². The van der Waals surface area contributed by atoms with E-state index in [1.165, 1.54) is 20.4 Å². The van der Waals surface area contributed by atoms with Crippen LogP contribution in [0.25, 0.3) is 0 Å². The third kappa shape index (κ3) is 5.39. The Morgan fingerprint density at radius 3 is 2.57 bits per heavy atom. The van der Waals surface area contributed by atoms with Crippen molar-refractivity contribution >= 4 is 17.8 Å². The first-order valence-corrected chi connectivity index (χ1v) is 6.47. The summed E-state index contributed by atoms with van der Waals surface area (Å²) in [6.45, 7) is 1.45. The molecule has 0 unspecified atom stereocenters. The summed E-state index contributed by atoms with van der Waals surface area (Å²) in [5.74, 6) is -0.154. The van der Waals surface area contributed by atoms with Gasteiger partial charge in [-0.25, -0.2) is 9.78 Å². The quantitative estimate of drug-likeness (QED) is 0.659. The van der Waals surface area contributed by atoms with E-state index in [0.29, 0.717) is 31.1 Å². The van der Waals surface area contributed by atoms with Crippen LogP contribution in [0.3, 0.4) is 0 Å². The fourth-order valence-corrected chi connectivity index (χ4v) is 1.71. The van der Waals surface area contributed by atoms with Crippen LogP contribution < -0.4 is 4.90 Å². The molecule has 0 saturated heterocycles. The molecular weight excluding hydrogens is 276 g/mol. The average Bonchev–Trinajstić information content (AvgIpc) is 2.53. The number of aromatic nitrogens is 1. The Balaban J connectivity index is 2.85. The second-order valence-electron chi connectivity index (χ2n) is 4.20. The summed E-state index contributed by atoms with van der Waals surface area (Å²) in [4.78, 5) is 28.9. The van der Waals surface area contributed by atoms with Crippen LogP contribution in [0.5, 0.6) is 0 Å². The molecule has 0 radical (unpaired) electrons. The van der Waals surface area contributed by atoms with E-state index in [2.05, 4.69) is 14.5 Å². The minimum Gasteiger partial charge on any atom is -0.469 e. The monoisotopic (exact) mass is 296 g/mol. The number of ether oxygens (including phenoxy) is 3. The van der Waals surface area contributed by atoms with Crippen LogP contribution >= 0.6 is 0 Å². The zero-order valence-corrected chi connectivity index (χ0v) is 12.5. The molecule has 0 atom stereocenters. The molecule has 0 aliphatic heterocycles. The molecule has 0 amide bonds. The van der Waals surface area contributed by atoms with E-state index in [1.54, 1.807) is 19.2 Å². The summed E-state index contributed by atoms with van der Waals surface area (Å²) in [5, 5.41) is 0. The molecule has 1 aromatic rings. The maximum absolute atomic E-state index is 11.5. The third-order valence-corrected chi connectivity index (χ3v) is 2.87. The molecule has 0 fully saturated rings. The lowest BCUT2D eigenvalue weighted by molar-refractivity contribution is -0.140. The van der Waals surface area contributed by atoms with Gasteiger partial charge in [0.25, 0.3) is 0 Å². The van der Waals surface area contributed by atoms with E-state index in [0.717, 1.165) is 0 Å². The van der Waals surface area contributed by atoms with Crippen molar-refractivity contribution in [3.05, 3.63) is 23.9 Å². The zero-order chi connectivity index (χ0) is 15.7. The van der Waals surface area contributed by atoms with Gasteiger partial charge in [-0.3, -0.25) is 4.79 Å². The number of nitrogens with zero attached hydrogens (tertiary/aromatic N) is 2. The lowest BCUT2D eigenvalue weighted by atomic mass is 10.2. The second kappa shape index (κ2) is 8.91. The van der Waals surface area contributed by atoms with E-state index in [9.17, 15) is 9.59 Å². The average molecular weight is 296 g/mol. The molecule has 21 heavy (non-hydrogen) atoms. The SMILES string of the molecule is COCCN(CCC(=O)OC)c1cc(C(=O)OC)ccn1. The highest BCUT2D eigenvalue weighted by Crippen LogP contribution is 2.14. The maximum Gasteiger partial charge on any atom is 0.338 e. The van der Waals surface area contributed by atoms with Crippen LogP contribution in [-0.4, -0.2) is 57.9 Å². The predicted molar refractivity (Wildman–Crippen MR) is 76.3 cm³/mol. The molecule has 0 bridgehead atoms. The largest absolute Gasteiger partial charge is 0.469 e. The van der Waals surface area contributed by atoms with Crippen molar-refractivity contribution in [2.24, 2.45) is 0 Å².